The number of fused-ring (bicyclic) bond motifs is 1. The molecule has 0 saturated carbocycles. The van der Waals surface area contributed by atoms with Crippen molar-refractivity contribution in [2.24, 2.45) is 0 Å². The first kappa shape index (κ1) is 15.0. The lowest BCUT2D eigenvalue weighted by molar-refractivity contribution is -0.891. The van der Waals surface area contributed by atoms with Gasteiger partial charge in [0.1, 0.15) is 17.0 Å². The van der Waals surface area contributed by atoms with Crippen molar-refractivity contribution >= 4 is 27.4 Å². The van der Waals surface area contributed by atoms with Crippen LogP contribution < -0.4 is 10.2 Å². The van der Waals surface area contributed by atoms with Crippen LogP contribution in [0.3, 0.4) is 0 Å². The summed E-state index contributed by atoms with van der Waals surface area (Å²) < 4.78 is 5.57. The lowest BCUT2D eigenvalue weighted by atomic mass is 10.2. The molecule has 0 aliphatic heterocycles. The van der Waals surface area contributed by atoms with Gasteiger partial charge in [-0.05, 0) is 31.5 Å². The van der Waals surface area contributed by atoms with Gasteiger partial charge in [-0.25, -0.2) is 9.97 Å². The minimum Gasteiger partial charge on any atom is -0.463 e. The van der Waals surface area contributed by atoms with Crippen molar-refractivity contribution < 1.29 is 9.32 Å². The van der Waals surface area contributed by atoms with Crippen molar-refractivity contribution in [2.75, 3.05) is 26.0 Å². The van der Waals surface area contributed by atoms with Gasteiger partial charge >= 0.3 is 0 Å². The number of hydrogen-bond donors (Lipinski definition) is 2. The Morgan fingerprint density at radius 3 is 2.82 bits per heavy atom. The molecule has 3 rings (SSSR count). The van der Waals surface area contributed by atoms with Gasteiger partial charge in [-0.1, -0.05) is 0 Å². The fourth-order valence-corrected chi connectivity index (χ4v) is 3.59. The molecule has 5 nitrogen and oxygen atoms in total. The molecular weight excluding hydrogens is 296 g/mol. The van der Waals surface area contributed by atoms with E-state index in [0.717, 1.165) is 28.3 Å². The topological polar surface area (TPSA) is 55.4 Å². The molecule has 3 aromatic heterocycles. The van der Waals surface area contributed by atoms with E-state index in [1.54, 1.807) is 23.9 Å². The maximum atomic E-state index is 5.57. The Morgan fingerprint density at radius 1 is 1.32 bits per heavy atom. The van der Waals surface area contributed by atoms with Crippen molar-refractivity contribution in [3.8, 4) is 0 Å². The number of hydrogen-bond acceptors (Lipinski definition) is 5. The van der Waals surface area contributed by atoms with E-state index in [2.05, 4.69) is 43.2 Å². The Bertz CT molecular complexity index is 764. The van der Waals surface area contributed by atoms with Gasteiger partial charge in [0.05, 0.1) is 32.3 Å². The lowest BCUT2D eigenvalue weighted by Gasteiger charge is -2.20. The third-order valence-electron chi connectivity index (χ3n) is 4.02. The molecule has 6 heteroatoms. The van der Waals surface area contributed by atoms with E-state index < -0.39 is 0 Å². The summed E-state index contributed by atoms with van der Waals surface area (Å²) in [5.74, 6) is 1.89. The molecule has 3 heterocycles. The van der Waals surface area contributed by atoms with Crippen LogP contribution in [0.25, 0.3) is 10.2 Å². The number of nitrogens with zero attached hydrogens (tertiary/aromatic N) is 2. The third kappa shape index (κ3) is 2.71. The van der Waals surface area contributed by atoms with Gasteiger partial charge in [0.15, 0.2) is 11.8 Å². The SMILES string of the molecule is Cc1sc2ncnc(NC[C@H](c3ccco3)[NH+](C)C)c2c1C. The summed E-state index contributed by atoms with van der Waals surface area (Å²) in [6.45, 7) is 5.02. The normalized spacial score (nSPS) is 13.0. The number of aromatic nitrogens is 2. The number of likely N-dealkylation sites (N-methyl/N-ethyl adjacent to an activating group) is 1. The number of furan rings is 1. The highest BCUT2D eigenvalue weighted by molar-refractivity contribution is 7.18. The first-order valence-electron chi connectivity index (χ1n) is 7.36. The van der Waals surface area contributed by atoms with Gasteiger partial charge in [0, 0.05) is 4.88 Å². The predicted molar refractivity (Wildman–Crippen MR) is 89.6 cm³/mol. The molecule has 0 unspecified atom stereocenters. The smallest absolute Gasteiger partial charge is 0.163 e. The fourth-order valence-electron chi connectivity index (χ4n) is 2.59. The van der Waals surface area contributed by atoms with E-state index in [-0.39, 0.29) is 6.04 Å². The van der Waals surface area contributed by atoms with Crippen molar-refractivity contribution in [3.63, 3.8) is 0 Å². The Hall–Kier alpha value is -1.92. The largest absolute Gasteiger partial charge is 0.463 e. The van der Waals surface area contributed by atoms with E-state index in [9.17, 15) is 0 Å². The molecule has 0 amide bonds. The Morgan fingerprint density at radius 2 is 2.14 bits per heavy atom. The summed E-state index contributed by atoms with van der Waals surface area (Å²) in [4.78, 5) is 12.5. The van der Waals surface area contributed by atoms with Crippen molar-refractivity contribution in [1.82, 2.24) is 9.97 Å². The molecule has 0 saturated heterocycles. The zero-order chi connectivity index (χ0) is 15.7. The van der Waals surface area contributed by atoms with Crippen molar-refractivity contribution in [3.05, 3.63) is 40.9 Å². The molecule has 22 heavy (non-hydrogen) atoms. The van der Waals surface area contributed by atoms with E-state index in [1.807, 2.05) is 12.1 Å². The molecule has 2 N–H and O–H groups in total. The monoisotopic (exact) mass is 317 g/mol. The second-order valence-electron chi connectivity index (χ2n) is 5.71. The maximum absolute atomic E-state index is 5.57. The van der Waals surface area contributed by atoms with Gasteiger partial charge in [-0.3, -0.25) is 0 Å². The molecule has 0 spiro atoms. The minimum absolute atomic E-state index is 0.236. The van der Waals surface area contributed by atoms with Crippen LogP contribution >= 0.6 is 11.3 Å². The molecule has 0 radical (unpaired) electrons. The van der Waals surface area contributed by atoms with Crippen molar-refractivity contribution in [2.45, 2.75) is 19.9 Å². The summed E-state index contributed by atoms with van der Waals surface area (Å²) in [5.41, 5.74) is 1.26. The second kappa shape index (κ2) is 6.06. The number of aryl methyl sites for hydroxylation is 2. The van der Waals surface area contributed by atoms with Crippen LogP contribution in [0.5, 0.6) is 0 Å². The summed E-state index contributed by atoms with van der Waals surface area (Å²) >= 11 is 1.72. The molecule has 116 valence electrons. The van der Waals surface area contributed by atoms with Crippen LogP contribution in [0.4, 0.5) is 5.82 Å². The van der Waals surface area contributed by atoms with Crippen molar-refractivity contribution in [1.29, 1.82) is 0 Å². The van der Waals surface area contributed by atoms with E-state index >= 15 is 0 Å². The van der Waals surface area contributed by atoms with Crippen LogP contribution in [0.1, 0.15) is 22.2 Å². The van der Waals surface area contributed by atoms with Gasteiger partial charge in [-0.15, -0.1) is 11.3 Å². The second-order valence-corrected chi connectivity index (χ2v) is 6.92. The summed E-state index contributed by atoms with van der Waals surface area (Å²) in [5, 5.41) is 4.62. The molecule has 0 aromatic carbocycles. The lowest BCUT2D eigenvalue weighted by Crippen LogP contribution is -3.06. The molecule has 0 aliphatic rings. The van der Waals surface area contributed by atoms with Gasteiger partial charge in [0.25, 0.3) is 0 Å². The highest BCUT2D eigenvalue weighted by Gasteiger charge is 2.21. The Labute approximate surface area is 134 Å². The first-order valence-corrected chi connectivity index (χ1v) is 8.17. The Balaban J connectivity index is 1.87. The average molecular weight is 317 g/mol. The zero-order valence-corrected chi connectivity index (χ0v) is 14.1. The number of thiophene rings is 1. The van der Waals surface area contributed by atoms with Crippen LogP contribution in [-0.2, 0) is 0 Å². The zero-order valence-electron chi connectivity index (χ0n) is 13.3. The van der Waals surface area contributed by atoms with E-state index in [0.29, 0.717) is 0 Å². The fraction of sp³-hybridized carbons (Fsp3) is 0.375. The van der Waals surface area contributed by atoms with E-state index in [4.69, 9.17) is 4.42 Å². The number of nitrogens with one attached hydrogen (secondary N) is 2. The maximum Gasteiger partial charge on any atom is 0.163 e. The Kier molecular flexibility index (Phi) is 4.13. The van der Waals surface area contributed by atoms with Gasteiger partial charge < -0.3 is 14.6 Å². The van der Waals surface area contributed by atoms with Crippen LogP contribution in [0.15, 0.2) is 29.1 Å². The molecule has 1 atom stereocenters. The summed E-state index contributed by atoms with van der Waals surface area (Å²) in [7, 11) is 4.26. The predicted octanol–water partition coefficient (Wildman–Crippen LogP) is 2.20. The molecule has 3 aromatic rings. The molecule has 0 bridgehead atoms. The summed E-state index contributed by atoms with van der Waals surface area (Å²) in [6.07, 6.45) is 3.35. The first-order chi connectivity index (χ1) is 10.6. The highest BCUT2D eigenvalue weighted by atomic mass is 32.1. The number of quaternary nitrogens is 1. The number of anilines is 1. The van der Waals surface area contributed by atoms with E-state index in [1.165, 1.54) is 15.3 Å². The van der Waals surface area contributed by atoms with Crippen LogP contribution in [0, 0.1) is 13.8 Å². The van der Waals surface area contributed by atoms with Crippen LogP contribution in [0.2, 0.25) is 0 Å². The van der Waals surface area contributed by atoms with Gasteiger partial charge in [0.2, 0.25) is 0 Å². The highest BCUT2D eigenvalue weighted by Crippen LogP contribution is 2.32. The molecular formula is C16H21N4OS+. The quantitative estimate of drug-likeness (QED) is 0.757. The third-order valence-corrected chi connectivity index (χ3v) is 5.14. The number of rotatable bonds is 5. The van der Waals surface area contributed by atoms with Crippen LogP contribution in [-0.4, -0.2) is 30.6 Å². The molecule has 0 aliphatic carbocycles. The average Bonchev–Trinajstić information content (AvgIpc) is 3.09. The molecule has 0 fully saturated rings. The standard InChI is InChI=1S/C16H20N4OS/c1-10-11(2)22-16-14(10)15(18-9-19-16)17-8-12(20(3)4)13-6-5-7-21-13/h5-7,9,12H,8H2,1-4H3,(H,17,18,19)/p+1/t12-/m1/s1. The minimum atomic E-state index is 0.236. The van der Waals surface area contributed by atoms with Gasteiger partial charge in [-0.2, -0.15) is 0 Å². The summed E-state index contributed by atoms with van der Waals surface area (Å²) in [6, 6.07) is 4.19.